The van der Waals surface area contributed by atoms with Crippen LogP contribution < -0.4 is 20.1 Å². The molecule has 4 rings (SSSR count). The summed E-state index contributed by atoms with van der Waals surface area (Å²) in [7, 11) is 3.09. The second-order valence-corrected chi connectivity index (χ2v) is 9.40. The first-order chi connectivity index (χ1) is 19.9. The molecule has 1 heterocycles. The number of anilines is 1. The SMILES string of the molecule is CCOC(=O)c1ccc(NC(=O)CSc2nnc(CNC(=O)c3cccc(OC)c3)n2-c2ccccc2OC)cc1. The van der Waals surface area contributed by atoms with E-state index in [0.29, 0.717) is 45.0 Å². The molecule has 41 heavy (non-hydrogen) atoms. The summed E-state index contributed by atoms with van der Waals surface area (Å²) in [5, 5.41) is 14.7. The summed E-state index contributed by atoms with van der Waals surface area (Å²) in [6, 6.07) is 20.6. The molecule has 4 aromatic rings. The Bertz CT molecular complexity index is 1520. The summed E-state index contributed by atoms with van der Waals surface area (Å²) >= 11 is 1.18. The van der Waals surface area contributed by atoms with Crippen LogP contribution in [0.3, 0.4) is 0 Å². The number of esters is 1. The molecule has 1 aromatic heterocycles. The fourth-order valence-corrected chi connectivity index (χ4v) is 4.59. The first-order valence-corrected chi connectivity index (χ1v) is 13.6. The van der Waals surface area contributed by atoms with Crippen LogP contribution in [0.2, 0.25) is 0 Å². The third kappa shape index (κ3) is 7.42. The average Bonchev–Trinajstić information content (AvgIpc) is 3.41. The van der Waals surface area contributed by atoms with Crippen molar-refractivity contribution in [3.05, 3.63) is 89.7 Å². The number of carbonyl (C=O) groups excluding carboxylic acids is 3. The number of amides is 2. The van der Waals surface area contributed by atoms with Crippen LogP contribution in [0, 0.1) is 0 Å². The molecule has 0 aliphatic heterocycles. The van der Waals surface area contributed by atoms with Crippen LogP contribution in [0.4, 0.5) is 5.69 Å². The lowest BCUT2D eigenvalue weighted by Crippen LogP contribution is -2.24. The van der Waals surface area contributed by atoms with Crippen molar-refractivity contribution in [2.45, 2.75) is 18.6 Å². The molecule has 3 aromatic carbocycles. The Morgan fingerprint density at radius 3 is 2.41 bits per heavy atom. The molecule has 0 fully saturated rings. The van der Waals surface area contributed by atoms with Crippen molar-refractivity contribution >= 4 is 35.2 Å². The summed E-state index contributed by atoms with van der Waals surface area (Å²) in [6.45, 7) is 2.09. The maximum Gasteiger partial charge on any atom is 0.338 e. The Kier molecular flexibility index (Phi) is 9.94. The quantitative estimate of drug-likeness (QED) is 0.189. The lowest BCUT2D eigenvalue weighted by atomic mass is 10.2. The minimum Gasteiger partial charge on any atom is -0.497 e. The van der Waals surface area contributed by atoms with Crippen LogP contribution in [0.25, 0.3) is 5.69 Å². The van der Waals surface area contributed by atoms with Crippen LogP contribution in [-0.2, 0) is 16.1 Å². The van der Waals surface area contributed by atoms with Gasteiger partial charge in [-0.05, 0) is 61.5 Å². The van der Waals surface area contributed by atoms with Gasteiger partial charge in [0.1, 0.15) is 11.5 Å². The summed E-state index contributed by atoms with van der Waals surface area (Å²) in [4.78, 5) is 37.4. The van der Waals surface area contributed by atoms with Gasteiger partial charge in [-0.2, -0.15) is 0 Å². The number of methoxy groups -OCH3 is 2. The highest BCUT2D eigenvalue weighted by atomic mass is 32.2. The maximum atomic E-state index is 12.8. The molecule has 12 heteroatoms. The standard InChI is InChI=1S/C29H29N5O6S/c1-4-40-28(37)19-12-14-21(15-13-19)31-26(35)18-41-29-33-32-25(34(29)23-10-5-6-11-24(23)39-3)17-30-27(36)20-8-7-9-22(16-20)38-2/h5-16H,4,17-18H2,1-3H3,(H,30,36)(H,31,35). The van der Waals surface area contributed by atoms with Gasteiger partial charge in [0.25, 0.3) is 5.91 Å². The van der Waals surface area contributed by atoms with Crippen molar-refractivity contribution in [2.75, 3.05) is 31.9 Å². The molecule has 0 saturated carbocycles. The number of nitrogens with zero attached hydrogens (tertiary/aromatic N) is 3. The van der Waals surface area contributed by atoms with E-state index in [1.807, 2.05) is 18.2 Å². The van der Waals surface area contributed by atoms with Gasteiger partial charge in [0.15, 0.2) is 11.0 Å². The van der Waals surface area contributed by atoms with Gasteiger partial charge in [0.2, 0.25) is 5.91 Å². The molecular weight excluding hydrogens is 546 g/mol. The van der Waals surface area contributed by atoms with E-state index in [9.17, 15) is 14.4 Å². The highest BCUT2D eigenvalue weighted by Gasteiger charge is 2.20. The zero-order valence-corrected chi connectivity index (χ0v) is 23.6. The Labute approximate surface area is 241 Å². The van der Waals surface area contributed by atoms with Crippen molar-refractivity contribution in [2.24, 2.45) is 0 Å². The van der Waals surface area contributed by atoms with Gasteiger partial charge >= 0.3 is 5.97 Å². The van der Waals surface area contributed by atoms with Gasteiger partial charge in [-0.3, -0.25) is 14.2 Å². The van der Waals surface area contributed by atoms with E-state index in [1.54, 1.807) is 73.2 Å². The molecule has 2 N–H and O–H groups in total. The molecule has 0 aliphatic rings. The van der Waals surface area contributed by atoms with Gasteiger partial charge in [-0.25, -0.2) is 4.79 Å². The van der Waals surface area contributed by atoms with Crippen molar-refractivity contribution in [1.29, 1.82) is 0 Å². The Morgan fingerprint density at radius 1 is 0.902 bits per heavy atom. The molecule has 0 unspecified atom stereocenters. The Hall–Kier alpha value is -4.84. The Morgan fingerprint density at radius 2 is 1.68 bits per heavy atom. The van der Waals surface area contributed by atoms with Crippen LogP contribution in [0.5, 0.6) is 11.5 Å². The van der Waals surface area contributed by atoms with Crippen LogP contribution in [0.1, 0.15) is 33.5 Å². The highest BCUT2D eigenvalue weighted by molar-refractivity contribution is 7.99. The van der Waals surface area contributed by atoms with Crippen molar-refractivity contribution < 1.29 is 28.6 Å². The number of hydrogen-bond acceptors (Lipinski definition) is 9. The number of thioether (sulfide) groups is 1. The summed E-state index contributed by atoms with van der Waals surface area (Å²) in [6.07, 6.45) is 0. The first-order valence-electron chi connectivity index (χ1n) is 12.6. The molecule has 0 aliphatic carbocycles. The van der Waals surface area contributed by atoms with Crippen molar-refractivity contribution in [3.63, 3.8) is 0 Å². The summed E-state index contributed by atoms with van der Waals surface area (Å²) in [5.74, 6) is 0.614. The number of nitrogens with one attached hydrogen (secondary N) is 2. The highest BCUT2D eigenvalue weighted by Crippen LogP contribution is 2.29. The number of ether oxygens (including phenoxy) is 3. The van der Waals surface area contributed by atoms with Gasteiger partial charge in [-0.15, -0.1) is 10.2 Å². The molecule has 2 amide bonds. The topological polar surface area (TPSA) is 134 Å². The molecule has 0 spiro atoms. The van der Waals surface area contributed by atoms with E-state index in [1.165, 1.54) is 18.9 Å². The lowest BCUT2D eigenvalue weighted by Gasteiger charge is -2.14. The number of para-hydroxylation sites is 2. The zero-order chi connectivity index (χ0) is 29.2. The fourth-order valence-electron chi connectivity index (χ4n) is 3.82. The number of benzene rings is 3. The van der Waals surface area contributed by atoms with E-state index in [-0.39, 0.29) is 30.7 Å². The van der Waals surface area contributed by atoms with Gasteiger partial charge in [0, 0.05) is 11.3 Å². The second kappa shape index (κ2) is 14.0. The maximum absolute atomic E-state index is 12.8. The normalized spacial score (nSPS) is 10.5. The lowest BCUT2D eigenvalue weighted by molar-refractivity contribution is -0.113. The zero-order valence-electron chi connectivity index (χ0n) is 22.7. The summed E-state index contributed by atoms with van der Waals surface area (Å²) < 4.78 is 17.5. The van der Waals surface area contributed by atoms with Gasteiger partial charge in [0.05, 0.1) is 44.4 Å². The van der Waals surface area contributed by atoms with Crippen molar-refractivity contribution in [1.82, 2.24) is 20.1 Å². The third-order valence-corrected chi connectivity index (χ3v) is 6.71. The molecular formula is C29H29N5O6S. The van der Waals surface area contributed by atoms with E-state index < -0.39 is 5.97 Å². The summed E-state index contributed by atoms with van der Waals surface area (Å²) in [5.41, 5.74) is 2.03. The number of aromatic nitrogens is 3. The predicted molar refractivity (Wildman–Crippen MR) is 154 cm³/mol. The third-order valence-electron chi connectivity index (χ3n) is 5.78. The average molecular weight is 576 g/mol. The number of hydrogen-bond donors (Lipinski definition) is 2. The van der Waals surface area contributed by atoms with Gasteiger partial charge in [-0.1, -0.05) is 30.0 Å². The minimum absolute atomic E-state index is 0.0308. The van der Waals surface area contributed by atoms with E-state index in [0.717, 1.165) is 0 Å². The molecule has 0 bridgehead atoms. The molecule has 0 atom stereocenters. The molecule has 0 radical (unpaired) electrons. The second-order valence-electron chi connectivity index (χ2n) is 8.46. The molecule has 0 saturated heterocycles. The molecule has 212 valence electrons. The van der Waals surface area contributed by atoms with E-state index in [4.69, 9.17) is 14.2 Å². The monoisotopic (exact) mass is 575 g/mol. The number of rotatable bonds is 12. The minimum atomic E-state index is -0.424. The van der Waals surface area contributed by atoms with Crippen molar-refractivity contribution in [3.8, 4) is 17.2 Å². The largest absolute Gasteiger partial charge is 0.497 e. The van der Waals surface area contributed by atoms with E-state index >= 15 is 0 Å². The van der Waals surface area contributed by atoms with Crippen LogP contribution in [-0.4, -0.2) is 59.1 Å². The smallest absolute Gasteiger partial charge is 0.338 e. The van der Waals surface area contributed by atoms with Crippen LogP contribution in [0.15, 0.2) is 78.0 Å². The molecule has 11 nitrogen and oxygen atoms in total. The Balaban J connectivity index is 1.49. The fraction of sp³-hybridized carbons (Fsp3) is 0.207. The van der Waals surface area contributed by atoms with Gasteiger partial charge < -0.3 is 24.8 Å². The predicted octanol–water partition coefficient (Wildman–Crippen LogP) is 4.12. The van der Waals surface area contributed by atoms with Crippen LogP contribution >= 0.6 is 11.8 Å². The first kappa shape index (κ1) is 29.2. The number of carbonyl (C=O) groups is 3. The van der Waals surface area contributed by atoms with E-state index in [2.05, 4.69) is 20.8 Å².